The van der Waals surface area contributed by atoms with Crippen LogP contribution in [0.5, 0.6) is 0 Å². The largest absolute Gasteiger partial charge is 0.481 e. The number of alkyl halides is 1. The Bertz CT molecular complexity index is 356. The first-order valence-electron chi connectivity index (χ1n) is 6.33. The van der Waals surface area contributed by atoms with Crippen LogP contribution in [0.3, 0.4) is 0 Å². The summed E-state index contributed by atoms with van der Waals surface area (Å²) in [6.07, 6.45) is 7.52. The van der Waals surface area contributed by atoms with Gasteiger partial charge in [0.1, 0.15) is 0 Å². The molecule has 3 heteroatoms. The monoisotopic (exact) mass is 286 g/mol. The number of halogens is 1. The van der Waals surface area contributed by atoms with Gasteiger partial charge in [-0.25, -0.2) is 0 Å². The molecule has 4 rings (SSSR count). The minimum absolute atomic E-state index is 0.140. The maximum atomic E-state index is 11.6. The van der Waals surface area contributed by atoms with Gasteiger partial charge in [-0.1, -0.05) is 29.3 Å². The molecular weight excluding hydrogens is 268 g/mol. The molecule has 0 radical (unpaired) electrons. The number of carboxylic acid groups (broad SMARTS) is 1. The summed E-state index contributed by atoms with van der Waals surface area (Å²) < 4.78 is 0.140. The van der Waals surface area contributed by atoms with Crippen LogP contribution < -0.4 is 0 Å². The van der Waals surface area contributed by atoms with Gasteiger partial charge in [-0.3, -0.25) is 4.79 Å². The van der Waals surface area contributed by atoms with E-state index in [4.69, 9.17) is 0 Å². The Hall–Kier alpha value is -0.0500. The zero-order valence-electron chi connectivity index (χ0n) is 9.76. The topological polar surface area (TPSA) is 37.3 Å². The number of hydrogen-bond acceptors (Lipinski definition) is 1. The summed E-state index contributed by atoms with van der Waals surface area (Å²) in [4.78, 5) is 11.6. The molecule has 16 heavy (non-hydrogen) atoms. The van der Waals surface area contributed by atoms with E-state index in [-0.39, 0.29) is 4.32 Å². The van der Waals surface area contributed by atoms with E-state index in [1.54, 1.807) is 0 Å². The van der Waals surface area contributed by atoms with Gasteiger partial charge in [-0.05, 0) is 49.9 Å². The molecule has 0 aromatic heterocycles. The molecule has 0 amide bonds. The Kier molecular flexibility index (Phi) is 2.10. The van der Waals surface area contributed by atoms with Crippen LogP contribution >= 0.6 is 15.9 Å². The average Bonchev–Trinajstić information content (AvgIpc) is 2.13. The molecule has 0 aromatic carbocycles. The van der Waals surface area contributed by atoms with Gasteiger partial charge in [0.2, 0.25) is 0 Å². The maximum absolute atomic E-state index is 11.6. The van der Waals surface area contributed by atoms with E-state index < -0.39 is 11.4 Å². The lowest BCUT2D eigenvalue weighted by atomic mass is 9.43. The Balaban J connectivity index is 2.04. The summed E-state index contributed by atoms with van der Waals surface area (Å²) in [6, 6.07) is 0. The molecule has 0 unspecified atom stereocenters. The van der Waals surface area contributed by atoms with Crippen LogP contribution in [-0.4, -0.2) is 15.4 Å². The highest BCUT2D eigenvalue weighted by atomic mass is 79.9. The van der Waals surface area contributed by atoms with E-state index >= 15 is 0 Å². The van der Waals surface area contributed by atoms with Crippen molar-refractivity contribution in [3.8, 4) is 0 Å². The highest BCUT2D eigenvalue weighted by Gasteiger charge is 2.64. The Morgan fingerprint density at radius 3 is 2.62 bits per heavy atom. The van der Waals surface area contributed by atoms with Crippen molar-refractivity contribution in [2.75, 3.05) is 0 Å². The van der Waals surface area contributed by atoms with Crippen LogP contribution in [0.2, 0.25) is 0 Å². The van der Waals surface area contributed by atoms with Gasteiger partial charge in [0.25, 0.3) is 0 Å². The Labute approximate surface area is 105 Å². The summed E-state index contributed by atoms with van der Waals surface area (Å²) in [5.41, 5.74) is -0.0831. The summed E-state index contributed by atoms with van der Waals surface area (Å²) in [7, 11) is 0. The second-order valence-corrected chi connectivity index (χ2v) is 8.28. The van der Waals surface area contributed by atoms with Crippen molar-refractivity contribution in [2.45, 2.75) is 56.2 Å². The van der Waals surface area contributed by atoms with Gasteiger partial charge >= 0.3 is 5.97 Å². The lowest BCUT2D eigenvalue weighted by molar-refractivity contribution is -0.171. The zero-order chi connectivity index (χ0) is 11.6. The van der Waals surface area contributed by atoms with E-state index in [9.17, 15) is 9.90 Å². The van der Waals surface area contributed by atoms with Gasteiger partial charge in [0, 0.05) is 4.32 Å². The zero-order valence-corrected chi connectivity index (χ0v) is 11.3. The highest BCUT2D eigenvalue weighted by Crippen LogP contribution is 2.69. The predicted molar refractivity (Wildman–Crippen MR) is 65.6 cm³/mol. The summed E-state index contributed by atoms with van der Waals surface area (Å²) in [6.45, 7) is 2.24. The smallest absolute Gasteiger partial charge is 0.309 e. The fourth-order valence-electron chi connectivity index (χ4n) is 5.15. The van der Waals surface area contributed by atoms with Crippen molar-refractivity contribution >= 4 is 21.9 Å². The highest BCUT2D eigenvalue weighted by molar-refractivity contribution is 9.10. The third-order valence-corrected chi connectivity index (χ3v) is 6.20. The molecule has 0 spiro atoms. The molecule has 90 valence electrons. The Morgan fingerprint density at radius 2 is 2.06 bits per heavy atom. The minimum atomic E-state index is -0.543. The molecule has 4 atom stereocenters. The van der Waals surface area contributed by atoms with Crippen molar-refractivity contribution in [1.29, 1.82) is 0 Å². The standard InChI is InChI=1S/C13H19BrO2/c1-2-11-3-9-4-12(6-11,10(15)16)8-13(14,5-9)7-11/h9H,2-8H2,1H3,(H,15,16)/t9-,11-,12+,13+/m0/s1. The molecule has 4 aliphatic carbocycles. The van der Waals surface area contributed by atoms with Crippen LogP contribution in [-0.2, 0) is 4.79 Å². The molecule has 4 saturated carbocycles. The van der Waals surface area contributed by atoms with Gasteiger partial charge in [-0.2, -0.15) is 0 Å². The molecular formula is C13H19BrO2. The second kappa shape index (κ2) is 3.04. The van der Waals surface area contributed by atoms with E-state index in [2.05, 4.69) is 22.9 Å². The van der Waals surface area contributed by atoms with E-state index in [1.165, 1.54) is 19.3 Å². The van der Waals surface area contributed by atoms with E-state index in [0.717, 1.165) is 25.7 Å². The van der Waals surface area contributed by atoms with Crippen LogP contribution in [0.25, 0.3) is 0 Å². The van der Waals surface area contributed by atoms with Crippen molar-refractivity contribution in [3.05, 3.63) is 0 Å². The van der Waals surface area contributed by atoms with Crippen LogP contribution in [0.15, 0.2) is 0 Å². The average molecular weight is 287 g/mol. The van der Waals surface area contributed by atoms with Gasteiger partial charge in [-0.15, -0.1) is 0 Å². The first-order chi connectivity index (χ1) is 7.41. The van der Waals surface area contributed by atoms with Gasteiger partial charge in [0.05, 0.1) is 5.41 Å². The van der Waals surface area contributed by atoms with Crippen molar-refractivity contribution < 1.29 is 9.90 Å². The van der Waals surface area contributed by atoms with Crippen molar-refractivity contribution in [3.63, 3.8) is 0 Å². The van der Waals surface area contributed by atoms with E-state index in [1.807, 2.05) is 0 Å². The fraction of sp³-hybridized carbons (Fsp3) is 0.923. The van der Waals surface area contributed by atoms with E-state index in [0.29, 0.717) is 11.3 Å². The molecule has 4 bridgehead atoms. The van der Waals surface area contributed by atoms with Crippen molar-refractivity contribution in [1.82, 2.24) is 0 Å². The second-order valence-electron chi connectivity index (χ2n) is 6.60. The van der Waals surface area contributed by atoms with Crippen LogP contribution in [0.1, 0.15) is 51.9 Å². The fourth-order valence-corrected chi connectivity index (χ4v) is 6.74. The number of rotatable bonds is 2. The lowest BCUT2D eigenvalue weighted by Gasteiger charge is -2.63. The molecule has 4 fully saturated rings. The van der Waals surface area contributed by atoms with Crippen LogP contribution in [0, 0.1) is 16.7 Å². The predicted octanol–water partition coefficient (Wildman–Crippen LogP) is 3.59. The SMILES string of the molecule is CC[C@@]12C[C@@H]3C[C@@](Br)(C1)C[C@@](C(=O)O)(C3)C2. The number of carboxylic acids is 1. The van der Waals surface area contributed by atoms with Gasteiger partial charge < -0.3 is 5.11 Å². The minimum Gasteiger partial charge on any atom is -0.481 e. The summed E-state index contributed by atoms with van der Waals surface area (Å²) in [5.74, 6) is 0.102. The molecule has 2 nitrogen and oxygen atoms in total. The first kappa shape index (κ1) is 11.1. The van der Waals surface area contributed by atoms with Crippen LogP contribution in [0.4, 0.5) is 0 Å². The number of carbonyl (C=O) groups is 1. The van der Waals surface area contributed by atoms with Gasteiger partial charge in [0.15, 0.2) is 0 Å². The Morgan fingerprint density at radius 1 is 1.31 bits per heavy atom. The van der Waals surface area contributed by atoms with Crippen molar-refractivity contribution in [2.24, 2.45) is 16.7 Å². The molecule has 0 saturated heterocycles. The summed E-state index contributed by atoms with van der Waals surface area (Å²) >= 11 is 3.87. The summed E-state index contributed by atoms with van der Waals surface area (Å²) in [5, 5.41) is 9.58. The third kappa shape index (κ3) is 1.33. The molecule has 1 N–H and O–H groups in total. The third-order valence-electron chi connectivity index (χ3n) is 5.32. The molecule has 0 aliphatic heterocycles. The maximum Gasteiger partial charge on any atom is 0.309 e. The quantitative estimate of drug-likeness (QED) is 0.788. The molecule has 0 heterocycles. The lowest BCUT2D eigenvalue weighted by Crippen LogP contribution is -2.60. The first-order valence-corrected chi connectivity index (χ1v) is 7.13. The molecule has 0 aromatic rings. The normalized spacial score (nSPS) is 54.2. The molecule has 4 aliphatic rings. The number of hydrogen-bond donors (Lipinski definition) is 1. The number of aliphatic carboxylic acids is 1.